The molecule has 1 unspecified atom stereocenters. The quantitative estimate of drug-likeness (QED) is 0.515. The van der Waals surface area contributed by atoms with E-state index in [9.17, 15) is 18.8 Å². The fraction of sp³-hybridized carbons (Fsp3) is 0.393. The molecule has 1 aliphatic heterocycles. The minimum atomic E-state index is -0.504. The largest absolute Gasteiger partial charge is 0.463 e. The number of carbonyl (C=O) groups excluding carboxylic acids is 3. The second-order valence-electron chi connectivity index (χ2n) is 9.14. The maximum Gasteiger partial charge on any atom is 0.336 e. The Morgan fingerprint density at radius 3 is 2.37 bits per heavy atom. The molecule has 35 heavy (non-hydrogen) atoms. The van der Waals surface area contributed by atoms with Crippen LogP contribution in [0.2, 0.25) is 0 Å². The molecule has 0 bridgehead atoms. The van der Waals surface area contributed by atoms with E-state index >= 15 is 0 Å². The van der Waals surface area contributed by atoms with Crippen molar-refractivity contribution < 1.29 is 23.5 Å². The predicted molar refractivity (Wildman–Crippen MR) is 132 cm³/mol. The van der Waals surface area contributed by atoms with Crippen LogP contribution in [-0.4, -0.2) is 35.8 Å². The Balaban J connectivity index is 1.82. The minimum Gasteiger partial charge on any atom is -0.463 e. The molecule has 2 aromatic rings. The van der Waals surface area contributed by atoms with E-state index in [0.717, 1.165) is 12.0 Å². The van der Waals surface area contributed by atoms with Gasteiger partial charge in [-0.1, -0.05) is 38.1 Å². The van der Waals surface area contributed by atoms with Crippen molar-refractivity contribution in [1.82, 2.24) is 10.2 Å². The van der Waals surface area contributed by atoms with Gasteiger partial charge in [0.2, 0.25) is 5.91 Å². The maximum absolute atomic E-state index is 13.5. The average molecular weight is 481 g/mol. The van der Waals surface area contributed by atoms with Crippen molar-refractivity contribution in [1.29, 1.82) is 0 Å². The van der Waals surface area contributed by atoms with E-state index in [-0.39, 0.29) is 37.2 Å². The number of rotatable bonds is 9. The van der Waals surface area contributed by atoms with Gasteiger partial charge in [-0.25, -0.2) is 9.18 Å². The summed E-state index contributed by atoms with van der Waals surface area (Å²) in [6, 6.07) is 12.9. The van der Waals surface area contributed by atoms with Crippen LogP contribution in [0.25, 0.3) is 0 Å². The van der Waals surface area contributed by atoms with E-state index in [1.54, 1.807) is 43.0 Å². The van der Waals surface area contributed by atoms with Crippen LogP contribution < -0.4 is 5.32 Å². The smallest absolute Gasteiger partial charge is 0.336 e. The molecule has 1 aliphatic rings. The van der Waals surface area contributed by atoms with Crippen molar-refractivity contribution in [2.75, 3.05) is 13.2 Å². The topological polar surface area (TPSA) is 75.7 Å². The monoisotopic (exact) mass is 480 g/mol. The summed E-state index contributed by atoms with van der Waals surface area (Å²) in [6.45, 7) is 8.77. The zero-order chi connectivity index (χ0) is 25.5. The van der Waals surface area contributed by atoms with Crippen LogP contribution in [0.15, 0.2) is 59.8 Å². The lowest BCUT2D eigenvalue weighted by Gasteiger charge is -2.34. The average Bonchev–Trinajstić information content (AvgIpc) is 2.82. The van der Waals surface area contributed by atoms with Gasteiger partial charge in [0, 0.05) is 30.1 Å². The van der Waals surface area contributed by atoms with Gasteiger partial charge >= 0.3 is 5.97 Å². The SMILES string of the molecule is CCOC(=O)C1=C(C)N(Cc2ccc(C(=O)NCCC(C)C)cc2)C(=O)CC1c1ccc(F)cc1. The number of carbonyl (C=O) groups is 3. The van der Waals surface area contributed by atoms with Gasteiger partial charge in [0.25, 0.3) is 5.91 Å². The number of ether oxygens (including phenoxy) is 1. The van der Waals surface area contributed by atoms with Crippen molar-refractivity contribution in [3.8, 4) is 0 Å². The first-order valence-electron chi connectivity index (χ1n) is 12.0. The number of esters is 1. The first kappa shape index (κ1) is 26.1. The molecule has 2 amide bonds. The number of halogens is 1. The van der Waals surface area contributed by atoms with Gasteiger partial charge < -0.3 is 15.0 Å². The molecule has 1 heterocycles. The molecule has 0 saturated heterocycles. The molecule has 1 atom stereocenters. The fourth-order valence-electron chi connectivity index (χ4n) is 4.18. The number of benzene rings is 2. The normalized spacial score (nSPS) is 16.0. The Hall–Kier alpha value is -3.48. The van der Waals surface area contributed by atoms with E-state index < -0.39 is 11.9 Å². The van der Waals surface area contributed by atoms with Crippen molar-refractivity contribution >= 4 is 17.8 Å². The number of allylic oxidation sites excluding steroid dienone is 1. The molecular formula is C28H33FN2O4. The van der Waals surface area contributed by atoms with Gasteiger partial charge in [-0.15, -0.1) is 0 Å². The summed E-state index contributed by atoms with van der Waals surface area (Å²) in [5.74, 6) is -1.12. The van der Waals surface area contributed by atoms with E-state index in [4.69, 9.17) is 4.74 Å². The Kier molecular flexibility index (Phi) is 8.79. The highest BCUT2D eigenvalue weighted by molar-refractivity contribution is 5.96. The molecule has 6 nitrogen and oxygen atoms in total. The lowest BCUT2D eigenvalue weighted by molar-refractivity contribution is -0.140. The molecule has 0 aromatic heterocycles. The molecule has 2 aromatic carbocycles. The summed E-state index contributed by atoms with van der Waals surface area (Å²) >= 11 is 0. The highest BCUT2D eigenvalue weighted by Gasteiger charge is 2.36. The van der Waals surface area contributed by atoms with Crippen molar-refractivity contribution in [2.24, 2.45) is 5.92 Å². The molecule has 3 rings (SSSR count). The summed E-state index contributed by atoms with van der Waals surface area (Å²) in [6.07, 6.45) is 0.988. The van der Waals surface area contributed by atoms with Crippen LogP contribution in [-0.2, 0) is 20.9 Å². The zero-order valence-corrected chi connectivity index (χ0v) is 20.8. The van der Waals surface area contributed by atoms with Gasteiger partial charge in [0.1, 0.15) is 5.82 Å². The number of hydrogen-bond acceptors (Lipinski definition) is 4. The summed E-state index contributed by atoms with van der Waals surface area (Å²) < 4.78 is 18.8. The molecule has 1 N–H and O–H groups in total. The highest BCUT2D eigenvalue weighted by atomic mass is 19.1. The van der Waals surface area contributed by atoms with Crippen molar-refractivity contribution in [2.45, 2.75) is 53.0 Å². The molecule has 186 valence electrons. The summed E-state index contributed by atoms with van der Waals surface area (Å²) in [4.78, 5) is 39.9. The third kappa shape index (κ3) is 6.56. The Morgan fingerprint density at radius 1 is 1.11 bits per heavy atom. The predicted octanol–water partition coefficient (Wildman–Crippen LogP) is 4.95. The molecule has 0 spiro atoms. The Labute approximate surface area is 206 Å². The Morgan fingerprint density at radius 2 is 1.77 bits per heavy atom. The second-order valence-corrected chi connectivity index (χ2v) is 9.14. The van der Waals surface area contributed by atoms with Gasteiger partial charge in [0.05, 0.1) is 18.7 Å². The molecule has 0 radical (unpaired) electrons. The lowest BCUT2D eigenvalue weighted by Crippen LogP contribution is -2.38. The van der Waals surface area contributed by atoms with E-state index in [1.807, 2.05) is 12.1 Å². The maximum atomic E-state index is 13.5. The number of hydrogen-bond donors (Lipinski definition) is 1. The van der Waals surface area contributed by atoms with Crippen LogP contribution in [0.3, 0.4) is 0 Å². The number of nitrogens with one attached hydrogen (secondary N) is 1. The van der Waals surface area contributed by atoms with Crippen molar-refractivity contribution in [3.05, 3.63) is 82.3 Å². The molecule has 7 heteroatoms. The summed E-state index contributed by atoms with van der Waals surface area (Å²) in [5, 5.41) is 2.91. The molecular weight excluding hydrogens is 447 g/mol. The lowest BCUT2D eigenvalue weighted by atomic mass is 9.83. The molecule has 0 saturated carbocycles. The second kappa shape index (κ2) is 11.8. The van der Waals surface area contributed by atoms with Crippen LogP contribution in [0, 0.1) is 11.7 Å². The summed E-state index contributed by atoms with van der Waals surface area (Å²) in [5.41, 5.74) is 3.00. The van der Waals surface area contributed by atoms with Crippen LogP contribution in [0.4, 0.5) is 4.39 Å². The third-order valence-corrected chi connectivity index (χ3v) is 6.15. The van der Waals surface area contributed by atoms with E-state index in [1.165, 1.54) is 12.1 Å². The van der Waals surface area contributed by atoms with E-state index in [2.05, 4.69) is 19.2 Å². The number of amides is 2. The Bertz CT molecular complexity index is 1090. The molecule has 0 aliphatic carbocycles. The van der Waals surface area contributed by atoms with Gasteiger partial charge in [-0.3, -0.25) is 9.59 Å². The van der Waals surface area contributed by atoms with E-state index in [0.29, 0.717) is 34.9 Å². The minimum absolute atomic E-state index is 0.0768. The highest BCUT2D eigenvalue weighted by Crippen LogP contribution is 2.37. The first-order valence-corrected chi connectivity index (χ1v) is 12.0. The van der Waals surface area contributed by atoms with Gasteiger partial charge in [-0.05, 0) is 61.6 Å². The van der Waals surface area contributed by atoms with Crippen molar-refractivity contribution in [3.63, 3.8) is 0 Å². The first-order chi connectivity index (χ1) is 16.7. The summed E-state index contributed by atoms with van der Waals surface area (Å²) in [7, 11) is 0. The van der Waals surface area contributed by atoms with Gasteiger partial charge in [0.15, 0.2) is 0 Å². The zero-order valence-electron chi connectivity index (χ0n) is 20.8. The molecule has 0 fully saturated rings. The number of nitrogens with zero attached hydrogens (tertiary/aromatic N) is 1. The standard InChI is InChI=1S/C28H33FN2O4/c1-5-35-28(34)26-19(4)31(25(32)16-24(26)21-10-12-23(29)13-11-21)17-20-6-8-22(9-7-20)27(33)30-15-14-18(2)3/h6-13,18,24H,5,14-17H2,1-4H3,(H,30,33). The fourth-order valence-corrected chi connectivity index (χ4v) is 4.18. The van der Waals surface area contributed by atoms with Gasteiger partial charge in [-0.2, -0.15) is 0 Å². The third-order valence-electron chi connectivity index (χ3n) is 6.15. The van der Waals surface area contributed by atoms with Crippen LogP contribution in [0.1, 0.15) is 67.9 Å². The van der Waals surface area contributed by atoms with Crippen LogP contribution >= 0.6 is 0 Å². The van der Waals surface area contributed by atoms with Crippen LogP contribution in [0.5, 0.6) is 0 Å².